The Kier molecular flexibility index (Phi) is 6.14. The van der Waals surface area contributed by atoms with Gasteiger partial charge in [-0.25, -0.2) is 13.6 Å². The highest BCUT2D eigenvalue weighted by atomic mass is 19.1. The molecule has 3 atom stereocenters. The van der Waals surface area contributed by atoms with Crippen molar-refractivity contribution in [1.82, 2.24) is 5.32 Å². The van der Waals surface area contributed by atoms with Crippen LogP contribution in [-0.4, -0.2) is 71.2 Å². The van der Waals surface area contributed by atoms with Crippen molar-refractivity contribution in [3.63, 3.8) is 0 Å². The number of methoxy groups -OCH3 is 1. The number of morpholine rings is 1. The number of hydrogen-bond acceptors (Lipinski definition) is 7. The minimum absolute atomic E-state index is 0.0175. The number of nitrogens with zero attached hydrogens (tertiary/aromatic N) is 2. The fraction of sp³-hybridized carbons (Fsp3) is 0.632. The first-order valence-corrected chi connectivity index (χ1v) is 9.69. The van der Waals surface area contributed by atoms with Crippen LogP contribution in [0, 0.1) is 11.6 Å². The highest BCUT2D eigenvalue weighted by Gasteiger charge is 2.40. The topological polar surface area (TPSA) is 72.5 Å². The van der Waals surface area contributed by atoms with E-state index in [0.717, 1.165) is 12.8 Å². The van der Waals surface area contributed by atoms with Crippen molar-refractivity contribution in [1.29, 1.82) is 0 Å². The van der Waals surface area contributed by atoms with Gasteiger partial charge >= 0.3 is 6.09 Å². The summed E-state index contributed by atoms with van der Waals surface area (Å²) in [6, 6.07) is 2.37. The summed E-state index contributed by atoms with van der Waals surface area (Å²) in [5.74, 6) is -1.36. The quantitative estimate of drug-likeness (QED) is 0.515. The standard InChI is InChI=1S/C19H25F2N3O5/c1-26-11-28-10-22-6-15-7-23(19(25)29-15)14-4-16(20)18(17(21)5-14)24-12-2-3-13(24)9-27-8-12/h4-5,12-13,15,22H,2-3,6-11H2,1H3/t12-,13?,15+/m1/s1. The SMILES string of the molecule is COCOCNC[C@H]1CN(c2cc(F)c(N3C4CC[C@@H]3COC4)c(F)c2)C(=O)O1. The number of halogens is 2. The van der Waals surface area contributed by atoms with E-state index in [1.807, 2.05) is 0 Å². The number of anilines is 2. The van der Waals surface area contributed by atoms with Crippen LogP contribution in [0.3, 0.4) is 0 Å². The Bertz CT molecular complexity index is 714. The van der Waals surface area contributed by atoms with Crippen LogP contribution in [-0.2, 0) is 18.9 Å². The van der Waals surface area contributed by atoms with Gasteiger partial charge in [-0.2, -0.15) is 0 Å². The predicted octanol–water partition coefficient (Wildman–Crippen LogP) is 1.83. The molecule has 1 amide bonds. The molecule has 3 aliphatic rings. The Morgan fingerprint density at radius 2 is 1.90 bits per heavy atom. The number of cyclic esters (lactones) is 1. The third-order valence-electron chi connectivity index (χ3n) is 5.46. The Hall–Kier alpha value is -2.01. The lowest BCUT2D eigenvalue weighted by atomic mass is 10.1. The normalized spacial score (nSPS) is 26.3. The minimum Gasteiger partial charge on any atom is -0.443 e. The Labute approximate surface area is 167 Å². The molecule has 160 valence electrons. The zero-order valence-electron chi connectivity index (χ0n) is 16.2. The summed E-state index contributed by atoms with van der Waals surface area (Å²) < 4.78 is 50.5. The number of rotatable bonds is 8. The molecule has 3 saturated heterocycles. The second-order valence-corrected chi connectivity index (χ2v) is 7.41. The second kappa shape index (κ2) is 8.78. The molecule has 29 heavy (non-hydrogen) atoms. The Morgan fingerprint density at radius 1 is 1.21 bits per heavy atom. The van der Waals surface area contributed by atoms with Gasteiger partial charge in [0, 0.05) is 25.8 Å². The number of carbonyl (C=O) groups excluding carboxylic acids is 1. The summed E-state index contributed by atoms with van der Waals surface area (Å²) in [6.45, 7) is 1.88. The maximum Gasteiger partial charge on any atom is 0.414 e. The Morgan fingerprint density at radius 3 is 2.55 bits per heavy atom. The van der Waals surface area contributed by atoms with Gasteiger partial charge in [0.15, 0.2) is 11.6 Å². The summed E-state index contributed by atoms with van der Waals surface area (Å²) in [5, 5.41) is 2.97. The van der Waals surface area contributed by atoms with Crippen molar-refractivity contribution in [2.45, 2.75) is 31.0 Å². The molecule has 3 fully saturated rings. The molecular weight excluding hydrogens is 388 g/mol. The lowest BCUT2D eigenvalue weighted by Crippen LogP contribution is -2.46. The first-order valence-electron chi connectivity index (χ1n) is 9.69. The number of benzene rings is 1. The van der Waals surface area contributed by atoms with Gasteiger partial charge in [-0.15, -0.1) is 0 Å². The van der Waals surface area contributed by atoms with E-state index in [1.54, 1.807) is 4.90 Å². The molecule has 0 saturated carbocycles. The van der Waals surface area contributed by atoms with Gasteiger partial charge in [-0.1, -0.05) is 0 Å². The molecule has 0 radical (unpaired) electrons. The van der Waals surface area contributed by atoms with Crippen molar-refractivity contribution < 1.29 is 32.5 Å². The van der Waals surface area contributed by atoms with Gasteiger partial charge in [-0.05, 0) is 12.8 Å². The van der Waals surface area contributed by atoms with E-state index < -0.39 is 23.8 Å². The maximum atomic E-state index is 14.9. The van der Waals surface area contributed by atoms with E-state index in [-0.39, 0.29) is 43.5 Å². The fourth-order valence-corrected chi connectivity index (χ4v) is 4.20. The van der Waals surface area contributed by atoms with E-state index >= 15 is 0 Å². The molecule has 2 bridgehead atoms. The van der Waals surface area contributed by atoms with Crippen LogP contribution in [0.5, 0.6) is 0 Å². The third-order valence-corrected chi connectivity index (χ3v) is 5.46. The Balaban J connectivity index is 1.44. The lowest BCUT2D eigenvalue weighted by molar-refractivity contribution is -0.0390. The monoisotopic (exact) mass is 413 g/mol. The number of fused-ring (bicyclic) bond motifs is 2. The van der Waals surface area contributed by atoms with E-state index in [1.165, 1.54) is 24.1 Å². The summed E-state index contributed by atoms with van der Waals surface area (Å²) in [4.78, 5) is 15.2. The molecule has 1 aromatic carbocycles. The van der Waals surface area contributed by atoms with Crippen LogP contribution in [0.2, 0.25) is 0 Å². The minimum atomic E-state index is -0.679. The van der Waals surface area contributed by atoms with Crippen molar-refractivity contribution in [2.75, 3.05) is 56.7 Å². The van der Waals surface area contributed by atoms with E-state index in [4.69, 9.17) is 18.9 Å². The van der Waals surface area contributed by atoms with Crippen LogP contribution < -0.4 is 15.1 Å². The number of hydrogen-bond donors (Lipinski definition) is 1. The molecule has 1 aromatic rings. The van der Waals surface area contributed by atoms with Gasteiger partial charge < -0.3 is 23.8 Å². The predicted molar refractivity (Wildman–Crippen MR) is 99.9 cm³/mol. The average Bonchev–Trinajstić information content (AvgIpc) is 3.16. The summed E-state index contributed by atoms with van der Waals surface area (Å²) in [7, 11) is 1.52. The fourth-order valence-electron chi connectivity index (χ4n) is 4.20. The van der Waals surface area contributed by atoms with Gasteiger partial charge in [0.25, 0.3) is 0 Å². The smallest absolute Gasteiger partial charge is 0.414 e. The van der Waals surface area contributed by atoms with Crippen molar-refractivity contribution in [3.05, 3.63) is 23.8 Å². The van der Waals surface area contributed by atoms with Crippen molar-refractivity contribution >= 4 is 17.5 Å². The van der Waals surface area contributed by atoms with E-state index in [9.17, 15) is 13.6 Å². The van der Waals surface area contributed by atoms with Crippen molar-refractivity contribution in [2.24, 2.45) is 0 Å². The molecule has 0 spiro atoms. The second-order valence-electron chi connectivity index (χ2n) is 7.41. The summed E-state index contributed by atoms with van der Waals surface area (Å²) in [5.41, 5.74) is 0.109. The molecule has 3 aliphatic heterocycles. The van der Waals surface area contributed by atoms with Crippen LogP contribution in [0.25, 0.3) is 0 Å². The third kappa shape index (κ3) is 4.16. The first-order chi connectivity index (χ1) is 14.1. The molecule has 0 aromatic heterocycles. The van der Waals surface area contributed by atoms with E-state index in [2.05, 4.69) is 5.32 Å². The number of carbonyl (C=O) groups is 1. The highest BCUT2D eigenvalue weighted by Crippen LogP contribution is 2.39. The van der Waals surface area contributed by atoms with Gasteiger partial charge in [0.2, 0.25) is 0 Å². The summed E-state index contributed by atoms with van der Waals surface area (Å²) >= 11 is 0. The summed E-state index contributed by atoms with van der Waals surface area (Å²) in [6.07, 6.45) is 0.626. The largest absolute Gasteiger partial charge is 0.443 e. The molecule has 3 heterocycles. The van der Waals surface area contributed by atoms with Crippen LogP contribution in [0.4, 0.5) is 25.0 Å². The van der Waals surface area contributed by atoms with E-state index in [0.29, 0.717) is 19.8 Å². The molecule has 4 rings (SSSR count). The number of amides is 1. The highest BCUT2D eigenvalue weighted by molar-refractivity contribution is 5.90. The first kappa shape index (κ1) is 20.3. The zero-order chi connectivity index (χ0) is 20.4. The lowest BCUT2D eigenvalue weighted by Gasteiger charge is -2.37. The molecular formula is C19H25F2N3O5. The molecule has 8 nitrogen and oxygen atoms in total. The van der Waals surface area contributed by atoms with Gasteiger partial charge in [-0.3, -0.25) is 10.2 Å². The van der Waals surface area contributed by atoms with Crippen LogP contribution in [0.1, 0.15) is 12.8 Å². The molecule has 1 N–H and O–H groups in total. The average molecular weight is 413 g/mol. The van der Waals surface area contributed by atoms with Crippen molar-refractivity contribution in [3.8, 4) is 0 Å². The molecule has 0 aliphatic carbocycles. The van der Waals surface area contributed by atoms with Crippen LogP contribution in [0.15, 0.2) is 12.1 Å². The van der Waals surface area contributed by atoms with Gasteiger partial charge in [0.1, 0.15) is 18.6 Å². The van der Waals surface area contributed by atoms with Crippen LogP contribution >= 0.6 is 0 Å². The van der Waals surface area contributed by atoms with Gasteiger partial charge in [0.05, 0.1) is 44.3 Å². The molecule has 10 heteroatoms. The molecule has 1 unspecified atom stereocenters. The number of nitrogens with one attached hydrogen (secondary N) is 1. The number of ether oxygens (including phenoxy) is 4. The maximum absolute atomic E-state index is 14.9. The zero-order valence-corrected chi connectivity index (χ0v) is 16.2.